The maximum atomic E-state index is 6.17. The number of hydrogen-bond donors (Lipinski definition) is 0. The second-order valence-corrected chi connectivity index (χ2v) is 5.41. The largest absolute Gasteiger partial charge is 0.488 e. The fourth-order valence-corrected chi connectivity index (χ4v) is 3.64. The van der Waals surface area contributed by atoms with Crippen LogP contribution in [0.25, 0.3) is 0 Å². The number of pyridine rings is 1. The van der Waals surface area contributed by atoms with Gasteiger partial charge in [-0.3, -0.25) is 4.98 Å². The second-order valence-electron chi connectivity index (χ2n) is 5.41. The summed E-state index contributed by atoms with van der Waals surface area (Å²) >= 11 is 0. The molecule has 2 fully saturated rings. The first-order chi connectivity index (χ1) is 7.86. The van der Waals surface area contributed by atoms with E-state index in [0.29, 0.717) is 11.5 Å². The van der Waals surface area contributed by atoms with E-state index in [0.717, 1.165) is 12.2 Å². The molecule has 4 rings (SSSR count). The molecule has 0 radical (unpaired) electrons. The highest BCUT2D eigenvalue weighted by molar-refractivity contribution is 5.85. The first-order valence-electron chi connectivity index (χ1n) is 6.19. The van der Waals surface area contributed by atoms with Gasteiger partial charge in [-0.15, -0.1) is 12.4 Å². The van der Waals surface area contributed by atoms with Gasteiger partial charge in [-0.05, 0) is 31.5 Å². The van der Waals surface area contributed by atoms with Gasteiger partial charge in [0.2, 0.25) is 0 Å². The molecule has 1 aromatic heterocycles. The summed E-state index contributed by atoms with van der Waals surface area (Å²) < 4.78 is 6.17. The normalized spacial score (nSPS) is 37.4. The Bertz CT molecular complexity index is 437. The van der Waals surface area contributed by atoms with Crippen molar-refractivity contribution in [3.05, 3.63) is 24.0 Å². The first kappa shape index (κ1) is 11.3. The van der Waals surface area contributed by atoms with Crippen LogP contribution in [0.4, 0.5) is 0 Å². The number of halogens is 1. The average Bonchev–Trinajstić information content (AvgIpc) is 2.64. The van der Waals surface area contributed by atoms with Crippen molar-refractivity contribution in [3.63, 3.8) is 0 Å². The number of rotatable bonds is 0. The van der Waals surface area contributed by atoms with Gasteiger partial charge in [0, 0.05) is 31.1 Å². The highest BCUT2D eigenvalue weighted by Gasteiger charge is 2.51. The molecule has 0 aliphatic carbocycles. The fraction of sp³-hybridized carbons (Fsp3) is 0.615. The van der Waals surface area contributed by atoms with Crippen LogP contribution < -0.4 is 4.74 Å². The van der Waals surface area contributed by atoms with Crippen LogP contribution in [0.1, 0.15) is 18.5 Å². The van der Waals surface area contributed by atoms with Crippen molar-refractivity contribution in [1.82, 2.24) is 9.88 Å². The van der Waals surface area contributed by atoms with E-state index in [1.165, 1.54) is 38.2 Å². The number of ether oxygens (including phenoxy) is 1. The molecule has 3 aliphatic heterocycles. The SMILES string of the molecule is Cl.c1cnc2c(c1)OC1CCN3CC[C@@]1(C2)C3. The molecule has 4 heteroatoms. The van der Waals surface area contributed by atoms with Crippen molar-refractivity contribution >= 4 is 12.4 Å². The maximum absolute atomic E-state index is 6.17. The van der Waals surface area contributed by atoms with Crippen LogP contribution in [0.5, 0.6) is 5.75 Å². The smallest absolute Gasteiger partial charge is 0.141 e. The van der Waals surface area contributed by atoms with Gasteiger partial charge >= 0.3 is 0 Å². The van der Waals surface area contributed by atoms with Crippen molar-refractivity contribution in [1.29, 1.82) is 0 Å². The molecule has 4 heterocycles. The lowest BCUT2D eigenvalue weighted by Gasteiger charge is -2.44. The van der Waals surface area contributed by atoms with Crippen LogP contribution >= 0.6 is 12.4 Å². The van der Waals surface area contributed by atoms with E-state index in [4.69, 9.17) is 4.74 Å². The van der Waals surface area contributed by atoms with E-state index in [1.54, 1.807) is 0 Å². The predicted octanol–water partition coefficient (Wildman–Crippen LogP) is 1.90. The molecule has 92 valence electrons. The van der Waals surface area contributed by atoms with Gasteiger partial charge < -0.3 is 9.64 Å². The van der Waals surface area contributed by atoms with Gasteiger partial charge in [-0.1, -0.05) is 0 Å². The summed E-state index contributed by atoms with van der Waals surface area (Å²) in [6.07, 6.45) is 5.91. The van der Waals surface area contributed by atoms with Gasteiger partial charge in [0.1, 0.15) is 11.9 Å². The van der Waals surface area contributed by atoms with Gasteiger partial charge in [-0.2, -0.15) is 0 Å². The molecule has 2 bridgehead atoms. The lowest BCUT2D eigenvalue weighted by Crippen LogP contribution is -2.50. The quantitative estimate of drug-likeness (QED) is 0.705. The van der Waals surface area contributed by atoms with E-state index in [2.05, 4.69) is 16.0 Å². The predicted molar refractivity (Wildman–Crippen MR) is 67.7 cm³/mol. The summed E-state index contributed by atoms with van der Waals surface area (Å²) in [7, 11) is 0. The Balaban J connectivity index is 0.000000902. The molecule has 17 heavy (non-hydrogen) atoms. The minimum Gasteiger partial charge on any atom is -0.488 e. The summed E-state index contributed by atoms with van der Waals surface area (Å²) in [6, 6.07) is 4.04. The van der Waals surface area contributed by atoms with Crippen molar-refractivity contribution in [2.75, 3.05) is 19.6 Å². The Morgan fingerprint density at radius 2 is 2.35 bits per heavy atom. The standard InChI is InChI=1S/C13H16N2O.ClH/c1-2-11-10(14-5-1)8-13-4-7-15(9-13)6-3-12(13)16-11;/h1-2,5,12H,3-4,6-9H2;1H/t12?,13-;/m1./s1. The van der Waals surface area contributed by atoms with Crippen LogP contribution in [-0.4, -0.2) is 35.6 Å². The van der Waals surface area contributed by atoms with Crippen molar-refractivity contribution in [2.24, 2.45) is 5.41 Å². The highest BCUT2D eigenvalue weighted by atomic mass is 35.5. The molecule has 3 nitrogen and oxygen atoms in total. The number of nitrogens with zero attached hydrogens (tertiary/aromatic N) is 2. The van der Waals surface area contributed by atoms with E-state index in [9.17, 15) is 0 Å². The summed E-state index contributed by atoms with van der Waals surface area (Å²) in [5.41, 5.74) is 1.54. The average molecular weight is 253 g/mol. The van der Waals surface area contributed by atoms with E-state index in [1.807, 2.05) is 12.3 Å². The third-order valence-electron chi connectivity index (χ3n) is 4.49. The Morgan fingerprint density at radius 1 is 1.41 bits per heavy atom. The minimum absolute atomic E-state index is 0. The molecule has 0 aromatic carbocycles. The van der Waals surface area contributed by atoms with Gasteiger partial charge in [-0.25, -0.2) is 0 Å². The maximum Gasteiger partial charge on any atom is 0.141 e. The molecule has 0 amide bonds. The number of hydrogen-bond acceptors (Lipinski definition) is 3. The molecule has 3 atom stereocenters. The molecule has 0 N–H and O–H groups in total. The zero-order chi connectivity index (χ0) is 10.6. The lowest BCUT2D eigenvalue weighted by molar-refractivity contribution is -0.00192. The van der Waals surface area contributed by atoms with E-state index >= 15 is 0 Å². The van der Waals surface area contributed by atoms with Crippen molar-refractivity contribution in [3.8, 4) is 5.75 Å². The summed E-state index contributed by atoms with van der Waals surface area (Å²) in [5, 5.41) is 0. The molecule has 2 saturated heterocycles. The van der Waals surface area contributed by atoms with Gasteiger partial charge in [0.25, 0.3) is 0 Å². The highest BCUT2D eigenvalue weighted by Crippen LogP contribution is 2.47. The zero-order valence-electron chi connectivity index (χ0n) is 9.76. The lowest BCUT2D eigenvalue weighted by atomic mass is 9.73. The summed E-state index contributed by atoms with van der Waals surface area (Å²) in [6.45, 7) is 3.68. The summed E-state index contributed by atoms with van der Waals surface area (Å²) in [5.74, 6) is 1.03. The Hall–Kier alpha value is -0.800. The Kier molecular flexibility index (Phi) is 2.56. The molecule has 2 unspecified atom stereocenters. The molecule has 1 aromatic rings. The topological polar surface area (TPSA) is 25.4 Å². The second kappa shape index (κ2) is 3.85. The first-order valence-corrected chi connectivity index (χ1v) is 6.19. The van der Waals surface area contributed by atoms with Crippen LogP contribution in [0.15, 0.2) is 18.3 Å². The third kappa shape index (κ3) is 1.56. The van der Waals surface area contributed by atoms with Crippen LogP contribution in [0.3, 0.4) is 0 Å². The number of piperidine rings is 1. The van der Waals surface area contributed by atoms with Gasteiger partial charge in [0.05, 0.1) is 5.69 Å². The summed E-state index contributed by atoms with van der Waals surface area (Å²) in [4.78, 5) is 7.06. The third-order valence-corrected chi connectivity index (χ3v) is 4.49. The Morgan fingerprint density at radius 3 is 3.29 bits per heavy atom. The molecule has 1 spiro atoms. The van der Waals surface area contributed by atoms with Crippen LogP contribution in [-0.2, 0) is 6.42 Å². The van der Waals surface area contributed by atoms with Gasteiger partial charge in [0.15, 0.2) is 0 Å². The molecule has 0 saturated carbocycles. The molecular formula is C13H17ClN2O. The minimum atomic E-state index is 0. The Labute approximate surface area is 108 Å². The van der Waals surface area contributed by atoms with Crippen molar-refractivity contribution < 1.29 is 4.74 Å². The molecular weight excluding hydrogens is 236 g/mol. The van der Waals surface area contributed by atoms with Crippen LogP contribution in [0.2, 0.25) is 0 Å². The molecule has 3 aliphatic rings. The number of fused-ring (bicyclic) bond motifs is 2. The number of aromatic nitrogens is 1. The zero-order valence-corrected chi connectivity index (χ0v) is 10.6. The van der Waals surface area contributed by atoms with Crippen molar-refractivity contribution in [2.45, 2.75) is 25.4 Å². The van der Waals surface area contributed by atoms with E-state index in [-0.39, 0.29) is 12.4 Å². The fourth-order valence-electron chi connectivity index (χ4n) is 3.64. The monoisotopic (exact) mass is 252 g/mol. The van der Waals surface area contributed by atoms with Crippen LogP contribution in [0, 0.1) is 5.41 Å². The van der Waals surface area contributed by atoms with E-state index < -0.39 is 0 Å².